The first-order chi connectivity index (χ1) is 17.0. The second-order valence-electron chi connectivity index (χ2n) is 9.35. The third-order valence-corrected chi connectivity index (χ3v) is 7.63. The molecule has 1 aromatic carbocycles. The van der Waals surface area contributed by atoms with E-state index in [1.165, 1.54) is 17.8 Å². The third kappa shape index (κ3) is 5.18. The van der Waals surface area contributed by atoms with Crippen molar-refractivity contribution in [1.82, 2.24) is 14.8 Å². The van der Waals surface area contributed by atoms with Gasteiger partial charge in [-0.1, -0.05) is 0 Å². The van der Waals surface area contributed by atoms with E-state index in [-0.39, 0.29) is 42.6 Å². The molecule has 1 N–H and O–H groups in total. The van der Waals surface area contributed by atoms with Gasteiger partial charge in [-0.25, -0.2) is 4.98 Å². The number of thiazole rings is 1. The Bertz CT molecular complexity index is 1090. The van der Waals surface area contributed by atoms with E-state index >= 15 is 0 Å². The largest absolute Gasteiger partial charge is 0.490 e. The second kappa shape index (κ2) is 10.3. The summed E-state index contributed by atoms with van der Waals surface area (Å²) < 4.78 is 12.3. The van der Waals surface area contributed by atoms with Gasteiger partial charge in [0, 0.05) is 31.2 Å². The minimum Gasteiger partial charge on any atom is -0.490 e. The van der Waals surface area contributed by atoms with Crippen LogP contribution in [0.25, 0.3) is 0 Å². The average Bonchev–Trinajstić information content (AvgIpc) is 3.42. The normalized spacial score (nSPS) is 24.5. The number of amides is 3. The van der Waals surface area contributed by atoms with Gasteiger partial charge < -0.3 is 24.6 Å². The molecule has 2 fully saturated rings. The highest BCUT2D eigenvalue weighted by atomic mass is 32.1. The summed E-state index contributed by atoms with van der Waals surface area (Å²) in [6.07, 6.45) is 4.68. The second-order valence-corrected chi connectivity index (χ2v) is 10.1. The van der Waals surface area contributed by atoms with Crippen molar-refractivity contribution in [2.45, 2.75) is 56.8 Å². The predicted molar refractivity (Wildman–Crippen MR) is 131 cm³/mol. The van der Waals surface area contributed by atoms with Crippen LogP contribution in [-0.2, 0) is 9.53 Å². The Morgan fingerprint density at radius 3 is 2.80 bits per heavy atom. The first kappa shape index (κ1) is 23.7. The van der Waals surface area contributed by atoms with Crippen LogP contribution in [0.15, 0.2) is 29.1 Å². The Balaban J connectivity index is 1.27. The van der Waals surface area contributed by atoms with Crippen LogP contribution in [-0.4, -0.2) is 77.5 Å². The molecule has 5 rings (SSSR count). The summed E-state index contributed by atoms with van der Waals surface area (Å²) in [7, 11) is 1.78. The molecule has 186 valence electrons. The van der Waals surface area contributed by atoms with E-state index in [1.807, 2.05) is 4.90 Å². The molecule has 4 heterocycles. The minimum absolute atomic E-state index is 0.148. The highest BCUT2D eigenvalue weighted by molar-refractivity contribution is 7.07. The molecular weight excluding hydrogens is 468 g/mol. The van der Waals surface area contributed by atoms with Crippen LogP contribution in [0, 0.1) is 0 Å². The molecule has 3 amide bonds. The Hall–Kier alpha value is -2.98. The molecule has 0 aliphatic carbocycles. The molecule has 2 saturated heterocycles. The molecule has 35 heavy (non-hydrogen) atoms. The number of hydrogen-bond acceptors (Lipinski definition) is 7. The summed E-state index contributed by atoms with van der Waals surface area (Å²) in [5.74, 6) is 0.0829. The maximum Gasteiger partial charge on any atom is 0.275 e. The molecule has 1 aromatic heterocycles. The summed E-state index contributed by atoms with van der Waals surface area (Å²) in [6, 6.07) is 4.89. The first-order valence-electron chi connectivity index (χ1n) is 12.2. The van der Waals surface area contributed by atoms with Gasteiger partial charge in [0.25, 0.3) is 11.8 Å². The highest BCUT2D eigenvalue weighted by Crippen LogP contribution is 2.33. The van der Waals surface area contributed by atoms with E-state index in [1.54, 1.807) is 41.0 Å². The fraction of sp³-hybridized carbons (Fsp3) is 0.520. The molecule has 3 aliphatic rings. The summed E-state index contributed by atoms with van der Waals surface area (Å²) >= 11 is 1.34. The number of carbonyl (C=O) groups is 3. The first-order valence-corrected chi connectivity index (χ1v) is 13.1. The number of hydrogen-bond donors (Lipinski definition) is 1. The third-order valence-electron chi connectivity index (χ3n) is 7.05. The predicted octanol–water partition coefficient (Wildman–Crippen LogP) is 3.18. The van der Waals surface area contributed by atoms with Crippen LogP contribution >= 0.6 is 11.3 Å². The SMILES string of the molecule is CN1C(=O)c2cc(NC(=O)c3cscn3)ccc2OC[C@H]2O[C@H](CC(=O)N3CCCCC3)CC[C@H]21. The van der Waals surface area contributed by atoms with Gasteiger partial charge in [0.05, 0.1) is 29.6 Å². The van der Waals surface area contributed by atoms with Gasteiger partial charge in [0.1, 0.15) is 24.2 Å². The zero-order valence-electron chi connectivity index (χ0n) is 19.8. The summed E-state index contributed by atoms with van der Waals surface area (Å²) in [5.41, 5.74) is 2.82. The monoisotopic (exact) mass is 498 g/mol. The number of carbonyl (C=O) groups excluding carboxylic acids is 3. The Morgan fingerprint density at radius 2 is 2.03 bits per heavy atom. The molecule has 0 spiro atoms. The van der Waals surface area contributed by atoms with Crippen molar-refractivity contribution >= 4 is 34.7 Å². The van der Waals surface area contributed by atoms with Crippen LogP contribution < -0.4 is 10.1 Å². The van der Waals surface area contributed by atoms with Crippen molar-refractivity contribution in [3.8, 4) is 5.75 Å². The highest BCUT2D eigenvalue weighted by Gasteiger charge is 2.39. The number of anilines is 1. The molecule has 10 heteroatoms. The lowest BCUT2D eigenvalue weighted by Gasteiger charge is -2.42. The number of benzene rings is 1. The number of likely N-dealkylation sites (tertiary alicyclic amines) is 1. The number of rotatable bonds is 4. The quantitative estimate of drug-likeness (QED) is 0.695. The fourth-order valence-corrected chi connectivity index (χ4v) is 5.62. The van der Waals surface area contributed by atoms with Gasteiger partial charge in [-0.15, -0.1) is 11.3 Å². The van der Waals surface area contributed by atoms with Crippen molar-refractivity contribution in [3.05, 3.63) is 40.3 Å². The average molecular weight is 499 g/mol. The lowest BCUT2D eigenvalue weighted by atomic mass is 9.94. The van der Waals surface area contributed by atoms with Gasteiger partial charge in [-0.2, -0.15) is 0 Å². The van der Waals surface area contributed by atoms with Crippen molar-refractivity contribution in [1.29, 1.82) is 0 Å². The zero-order valence-corrected chi connectivity index (χ0v) is 20.6. The minimum atomic E-state index is -0.329. The van der Waals surface area contributed by atoms with E-state index < -0.39 is 0 Å². The fourth-order valence-electron chi connectivity index (χ4n) is 5.09. The van der Waals surface area contributed by atoms with E-state index in [4.69, 9.17) is 9.47 Å². The van der Waals surface area contributed by atoms with E-state index in [0.29, 0.717) is 29.1 Å². The number of ether oxygens (including phenoxy) is 2. The van der Waals surface area contributed by atoms with Gasteiger partial charge >= 0.3 is 0 Å². The number of likely N-dealkylation sites (N-methyl/N-ethyl adjacent to an activating group) is 1. The van der Waals surface area contributed by atoms with Gasteiger partial charge in [0.15, 0.2) is 0 Å². The van der Waals surface area contributed by atoms with Crippen molar-refractivity contribution in [3.63, 3.8) is 0 Å². The van der Waals surface area contributed by atoms with Crippen molar-refractivity contribution in [2.24, 2.45) is 0 Å². The standard InChI is InChI=1S/C25H30N4O5S/c1-28-20-7-6-17(12-23(30)29-9-3-2-4-10-29)34-22(20)13-33-21-8-5-16(11-18(21)25(28)32)27-24(31)19-14-35-15-26-19/h5,8,11,14-15,17,20,22H,2-4,6-7,9-10,12-13H2,1H3,(H,27,31)/t17-,20+,22+/m0/s1. The Kier molecular flexibility index (Phi) is 7.01. The van der Waals surface area contributed by atoms with Gasteiger partial charge in [-0.3, -0.25) is 14.4 Å². The Labute approximate surface area is 208 Å². The number of nitrogens with one attached hydrogen (secondary N) is 1. The molecule has 0 radical (unpaired) electrons. The molecule has 3 atom stereocenters. The lowest BCUT2D eigenvalue weighted by Crippen LogP contribution is -2.54. The molecule has 0 saturated carbocycles. The van der Waals surface area contributed by atoms with Crippen LogP contribution in [0.1, 0.15) is 59.4 Å². The molecule has 9 nitrogen and oxygen atoms in total. The van der Waals surface area contributed by atoms with E-state index in [0.717, 1.165) is 38.8 Å². The van der Waals surface area contributed by atoms with Crippen molar-refractivity contribution in [2.75, 3.05) is 32.1 Å². The number of nitrogens with zero attached hydrogens (tertiary/aromatic N) is 3. The van der Waals surface area contributed by atoms with Gasteiger partial charge in [0.2, 0.25) is 5.91 Å². The summed E-state index contributed by atoms with van der Waals surface area (Å²) in [5, 5.41) is 4.46. The molecule has 0 bridgehead atoms. The number of aromatic nitrogens is 1. The maximum atomic E-state index is 13.4. The molecule has 3 aliphatic heterocycles. The van der Waals surface area contributed by atoms with Crippen molar-refractivity contribution < 1.29 is 23.9 Å². The number of piperidine rings is 1. The van der Waals surface area contributed by atoms with E-state index in [9.17, 15) is 14.4 Å². The van der Waals surface area contributed by atoms with E-state index in [2.05, 4.69) is 10.3 Å². The maximum absolute atomic E-state index is 13.4. The smallest absolute Gasteiger partial charge is 0.275 e. The number of fused-ring (bicyclic) bond motifs is 2. The van der Waals surface area contributed by atoms with Gasteiger partial charge in [-0.05, 0) is 50.3 Å². The zero-order chi connectivity index (χ0) is 24.4. The molecule has 0 unspecified atom stereocenters. The Morgan fingerprint density at radius 1 is 1.20 bits per heavy atom. The summed E-state index contributed by atoms with van der Waals surface area (Å²) in [4.78, 5) is 46.2. The van der Waals surface area contributed by atoms with Crippen LogP contribution in [0.4, 0.5) is 5.69 Å². The molecule has 2 aromatic rings. The van der Waals surface area contributed by atoms with Crippen LogP contribution in [0.3, 0.4) is 0 Å². The van der Waals surface area contributed by atoms with Crippen LogP contribution in [0.2, 0.25) is 0 Å². The summed E-state index contributed by atoms with van der Waals surface area (Å²) in [6.45, 7) is 1.95. The topological polar surface area (TPSA) is 101 Å². The molecular formula is C25H30N4O5S. The van der Waals surface area contributed by atoms with Crippen LogP contribution in [0.5, 0.6) is 5.75 Å². The lowest BCUT2D eigenvalue weighted by molar-refractivity contribution is -0.143.